The van der Waals surface area contributed by atoms with E-state index >= 15 is 0 Å². The smallest absolute Gasteiger partial charge is 0.275 e. The van der Waals surface area contributed by atoms with Crippen LogP contribution in [0.5, 0.6) is 0 Å². The molecule has 1 amide bonds. The molecule has 1 rings (SSSR count). The van der Waals surface area contributed by atoms with Crippen molar-refractivity contribution in [2.45, 2.75) is 38.9 Å². The van der Waals surface area contributed by atoms with Crippen LogP contribution in [0.25, 0.3) is 0 Å². The fourth-order valence-corrected chi connectivity index (χ4v) is 1.67. The molecule has 1 aliphatic rings. The van der Waals surface area contributed by atoms with Crippen molar-refractivity contribution >= 4 is 5.91 Å². The number of hydrogen-bond acceptors (Lipinski definition) is 3. The van der Waals surface area contributed by atoms with Crippen LogP contribution in [0.15, 0.2) is 0 Å². The monoisotopic (exact) mass is 189 g/mol. The topological polar surface area (TPSA) is 55.7 Å². The van der Waals surface area contributed by atoms with Crippen molar-refractivity contribution in [2.24, 2.45) is 0 Å². The average molecular weight is 189 g/mol. The molecule has 0 aromatic carbocycles. The predicted molar refractivity (Wildman–Crippen MR) is 47.5 cm³/mol. The Morgan fingerprint density at radius 3 is 1.92 bits per heavy atom. The SMILES string of the molecule is CON1C(=O)C(C)(C)N([OH2+])C1(C)C. The summed E-state index contributed by atoms with van der Waals surface area (Å²) in [5.74, 6) is -0.185. The zero-order chi connectivity index (χ0) is 10.4. The lowest BCUT2D eigenvalue weighted by Crippen LogP contribution is -2.49. The summed E-state index contributed by atoms with van der Waals surface area (Å²) < 4.78 is 0. The number of nitrogens with zero attached hydrogens (tertiary/aromatic N) is 2. The third-order valence-corrected chi connectivity index (χ3v) is 2.49. The normalized spacial score (nSPS) is 26.9. The van der Waals surface area contributed by atoms with Crippen LogP contribution >= 0.6 is 0 Å². The van der Waals surface area contributed by atoms with Gasteiger partial charge >= 0.3 is 0 Å². The molecule has 2 N–H and O–H groups in total. The van der Waals surface area contributed by atoms with Crippen LogP contribution in [0, 0.1) is 0 Å². The van der Waals surface area contributed by atoms with Crippen molar-refractivity contribution in [1.29, 1.82) is 0 Å². The van der Waals surface area contributed by atoms with Gasteiger partial charge in [0.2, 0.25) is 0 Å². The summed E-state index contributed by atoms with van der Waals surface area (Å²) in [6.45, 7) is 6.97. The minimum Gasteiger partial charge on any atom is -0.336 e. The summed E-state index contributed by atoms with van der Waals surface area (Å²) >= 11 is 0. The Balaban J connectivity index is 3.11. The first-order valence-electron chi connectivity index (χ1n) is 4.16. The molecule has 0 bridgehead atoms. The van der Waals surface area contributed by atoms with Gasteiger partial charge in [0.25, 0.3) is 5.91 Å². The van der Waals surface area contributed by atoms with E-state index < -0.39 is 11.2 Å². The van der Waals surface area contributed by atoms with E-state index in [1.165, 1.54) is 17.2 Å². The first-order chi connectivity index (χ1) is 5.76. The van der Waals surface area contributed by atoms with E-state index in [9.17, 15) is 4.79 Å². The van der Waals surface area contributed by atoms with E-state index in [-0.39, 0.29) is 5.91 Å². The maximum absolute atomic E-state index is 11.7. The van der Waals surface area contributed by atoms with Crippen molar-refractivity contribution in [1.82, 2.24) is 10.1 Å². The largest absolute Gasteiger partial charge is 0.336 e. The molecule has 0 saturated carbocycles. The molecule has 1 saturated heterocycles. The van der Waals surface area contributed by atoms with Gasteiger partial charge in [0.1, 0.15) is 0 Å². The van der Waals surface area contributed by atoms with Crippen LogP contribution < -0.4 is 0 Å². The van der Waals surface area contributed by atoms with Gasteiger partial charge in [-0.3, -0.25) is 9.63 Å². The molecule has 0 spiro atoms. The summed E-state index contributed by atoms with van der Waals surface area (Å²) in [5, 5.41) is 10.3. The molecule has 0 radical (unpaired) electrons. The summed E-state index contributed by atoms with van der Waals surface area (Å²) in [5.41, 5.74) is -1.53. The first kappa shape index (κ1) is 10.4. The lowest BCUT2D eigenvalue weighted by molar-refractivity contribution is -0.265. The second-order valence-electron chi connectivity index (χ2n) is 4.17. The number of carbonyl (C=O) groups is 1. The van der Waals surface area contributed by atoms with Gasteiger partial charge in [-0.15, -0.1) is 0 Å². The zero-order valence-corrected chi connectivity index (χ0v) is 8.71. The summed E-state index contributed by atoms with van der Waals surface area (Å²) in [7, 11) is 1.44. The summed E-state index contributed by atoms with van der Waals surface area (Å²) in [6, 6.07) is 0. The van der Waals surface area contributed by atoms with Crippen LogP contribution in [0.1, 0.15) is 27.7 Å². The quantitative estimate of drug-likeness (QED) is 0.539. The van der Waals surface area contributed by atoms with Crippen LogP contribution in [0.4, 0.5) is 0 Å². The van der Waals surface area contributed by atoms with E-state index in [1.807, 2.05) is 0 Å². The highest BCUT2D eigenvalue weighted by atomic mass is 16.7. The van der Waals surface area contributed by atoms with Gasteiger partial charge < -0.3 is 5.21 Å². The Hall–Kier alpha value is -0.650. The van der Waals surface area contributed by atoms with Crippen molar-refractivity contribution in [3.63, 3.8) is 0 Å². The van der Waals surface area contributed by atoms with Crippen LogP contribution in [0.3, 0.4) is 0 Å². The predicted octanol–water partition coefficient (Wildman–Crippen LogP) is -0.154. The van der Waals surface area contributed by atoms with Crippen LogP contribution in [0.2, 0.25) is 0 Å². The van der Waals surface area contributed by atoms with Crippen LogP contribution in [-0.2, 0) is 9.63 Å². The molecule has 0 aromatic heterocycles. The van der Waals surface area contributed by atoms with E-state index in [0.29, 0.717) is 0 Å². The number of carbonyl (C=O) groups excluding carboxylic acids is 1. The molecule has 76 valence electrons. The molecule has 0 aliphatic carbocycles. The molecule has 0 unspecified atom stereocenters. The zero-order valence-electron chi connectivity index (χ0n) is 8.71. The highest BCUT2D eigenvalue weighted by molar-refractivity contribution is 5.87. The number of amides is 1. The molecular weight excluding hydrogens is 172 g/mol. The maximum atomic E-state index is 11.7. The minimum absolute atomic E-state index is 0.185. The Kier molecular flexibility index (Phi) is 2.14. The van der Waals surface area contributed by atoms with Gasteiger partial charge in [0.05, 0.1) is 7.11 Å². The number of hydrogen-bond donors (Lipinski definition) is 0. The third-order valence-electron chi connectivity index (χ3n) is 2.49. The van der Waals surface area contributed by atoms with Gasteiger partial charge in [-0.2, -0.15) is 5.06 Å². The van der Waals surface area contributed by atoms with E-state index in [2.05, 4.69) is 0 Å². The van der Waals surface area contributed by atoms with Gasteiger partial charge in [0.15, 0.2) is 11.2 Å². The maximum Gasteiger partial charge on any atom is 0.275 e. The van der Waals surface area contributed by atoms with Crippen molar-refractivity contribution in [2.75, 3.05) is 7.11 Å². The van der Waals surface area contributed by atoms with Crippen LogP contribution in [-0.4, -0.2) is 39.6 Å². The molecule has 1 fully saturated rings. The van der Waals surface area contributed by atoms with Gasteiger partial charge in [-0.25, -0.2) is 0 Å². The first-order valence-corrected chi connectivity index (χ1v) is 4.16. The summed E-state index contributed by atoms with van der Waals surface area (Å²) in [4.78, 5) is 16.7. The lowest BCUT2D eigenvalue weighted by atomic mass is 10.1. The highest BCUT2D eigenvalue weighted by Gasteiger charge is 2.61. The fourth-order valence-electron chi connectivity index (χ4n) is 1.67. The Morgan fingerprint density at radius 1 is 1.31 bits per heavy atom. The molecule has 1 heterocycles. The van der Waals surface area contributed by atoms with Gasteiger partial charge in [-0.1, -0.05) is 0 Å². The van der Waals surface area contributed by atoms with E-state index in [4.69, 9.17) is 10.0 Å². The number of rotatable bonds is 1. The van der Waals surface area contributed by atoms with Crippen molar-refractivity contribution < 1.29 is 14.8 Å². The molecule has 13 heavy (non-hydrogen) atoms. The molecule has 5 heteroatoms. The summed E-state index contributed by atoms with van der Waals surface area (Å²) in [6.07, 6.45) is 0. The molecule has 5 nitrogen and oxygen atoms in total. The Morgan fingerprint density at radius 2 is 1.77 bits per heavy atom. The minimum atomic E-state index is -0.820. The van der Waals surface area contributed by atoms with E-state index in [0.717, 1.165) is 0 Å². The van der Waals surface area contributed by atoms with Crippen molar-refractivity contribution in [3.05, 3.63) is 0 Å². The third kappa shape index (κ3) is 1.15. The van der Waals surface area contributed by atoms with Crippen molar-refractivity contribution in [3.8, 4) is 0 Å². The average Bonchev–Trinajstić information content (AvgIpc) is 2.12. The lowest BCUT2D eigenvalue weighted by Gasteiger charge is -2.29. The molecular formula is C8H17N2O3+. The molecule has 0 atom stereocenters. The number of hydroxylamine groups is 4. The molecule has 1 aliphatic heterocycles. The van der Waals surface area contributed by atoms with Gasteiger partial charge in [-0.05, 0) is 32.8 Å². The Bertz CT molecular complexity index is 238. The van der Waals surface area contributed by atoms with E-state index in [1.54, 1.807) is 27.7 Å². The fraction of sp³-hybridized carbons (Fsp3) is 0.875. The second-order valence-corrected chi connectivity index (χ2v) is 4.17. The molecule has 0 aromatic rings. The standard InChI is InChI=1S/C8H16N2O3/c1-7(2)6(11)9(13-5)8(3,4)10(7)12/h12H,1-5H3/p+1. The second kappa shape index (κ2) is 2.67. The Labute approximate surface area is 77.8 Å². The highest BCUT2D eigenvalue weighted by Crippen LogP contribution is 2.36. The van der Waals surface area contributed by atoms with Gasteiger partial charge in [0, 0.05) is 0 Å².